The lowest BCUT2D eigenvalue weighted by atomic mass is 10.2. The molecule has 0 aliphatic carbocycles. The van der Waals surface area contributed by atoms with Gasteiger partial charge in [-0.25, -0.2) is 4.68 Å². The number of aliphatic hydroxyl groups is 1. The Bertz CT molecular complexity index is 282. The maximum Gasteiger partial charge on any atom is 0.105 e. The SMILES string of the molecule is Cc1c(C(N)CO)nnn1C(C)C. The van der Waals surface area contributed by atoms with Gasteiger partial charge in [-0.3, -0.25) is 0 Å². The van der Waals surface area contributed by atoms with Crippen molar-refractivity contribution in [1.29, 1.82) is 0 Å². The molecule has 0 saturated carbocycles. The molecule has 0 radical (unpaired) electrons. The van der Waals surface area contributed by atoms with Gasteiger partial charge in [-0.15, -0.1) is 5.10 Å². The Morgan fingerprint density at radius 2 is 2.15 bits per heavy atom. The number of rotatable bonds is 3. The predicted molar refractivity (Wildman–Crippen MR) is 49.2 cm³/mol. The highest BCUT2D eigenvalue weighted by molar-refractivity contribution is 5.12. The van der Waals surface area contributed by atoms with E-state index in [1.807, 2.05) is 20.8 Å². The van der Waals surface area contributed by atoms with E-state index < -0.39 is 6.04 Å². The number of nitrogens with two attached hydrogens (primary N) is 1. The lowest BCUT2D eigenvalue weighted by Crippen LogP contribution is -2.16. The minimum Gasteiger partial charge on any atom is -0.394 e. The molecule has 0 amide bonds. The van der Waals surface area contributed by atoms with Gasteiger partial charge in [0.1, 0.15) is 5.69 Å². The predicted octanol–water partition coefficient (Wildman–Crippen LogP) is 0.160. The minimum absolute atomic E-state index is 0.0996. The highest BCUT2D eigenvalue weighted by Crippen LogP contribution is 2.14. The number of aliphatic hydroxyl groups excluding tert-OH is 1. The largest absolute Gasteiger partial charge is 0.394 e. The zero-order valence-corrected chi connectivity index (χ0v) is 8.23. The van der Waals surface area contributed by atoms with E-state index >= 15 is 0 Å². The molecule has 13 heavy (non-hydrogen) atoms. The Morgan fingerprint density at radius 1 is 1.54 bits per heavy atom. The van der Waals surface area contributed by atoms with Crippen LogP contribution in [-0.4, -0.2) is 26.7 Å². The van der Waals surface area contributed by atoms with Crippen LogP contribution in [0.1, 0.15) is 37.3 Å². The Kier molecular flexibility index (Phi) is 3.00. The lowest BCUT2D eigenvalue weighted by Gasteiger charge is -2.08. The average molecular weight is 184 g/mol. The summed E-state index contributed by atoms with van der Waals surface area (Å²) in [5.74, 6) is 0. The molecular formula is C8H16N4O. The van der Waals surface area contributed by atoms with Crippen molar-refractivity contribution in [2.24, 2.45) is 5.73 Å². The molecule has 1 heterocycles. The summed E-state index contributed by atoms with van der Waals surface area (Å²) in [4.78, 5) is 0. The Labute approximate surface area is 77.6 Å². The summed E-state index contributed by atoms with van der Waals surface area (Å²) in [6.07, 6.45) is 0. The van der Waals surface area contributed by atoms with Crippen LogP contribution in [0.5, 0.6) is 0 Å². The van der Waals surface area contributed by atoms with Crippen LogP contribution in [0.2, 0.25) is 0 Å². The van der Waals surface area contributed by atoms with E-state index in [1.165, 1.54) is 0 Å². The molecule has 1 rings (SSSR count). The van der Waals surface area contributed by atoms with Crippen LogP contribution in [0.4, 0.5) is 0 Å². The smallest absolute Gasteiger partial charge is 0.105 e. The Hall–Kier alpha value is -0.940. The zero-order chi connectivity index (χ0) is 10.0. The van der Waals surface area contributed by atoms with E-state index in [2.05, 4.69) is 10.3 Å². The fourth-order valence-electron chi connectivity index (χ4n) is 1.27. The van der Waals surface area contributed by atoms with Gasteiger partial charge >= 0.3 is 0 Å². The topological polar surface area (TPSA) is 77.0 Å². The molecule has 1 unspecified atom stereocenters. The van der Waals surface area contributed by atoms with Gasteiger partial charge in [0.15, 0.2) is 0 Å². The molecule has 0 saturated heterocycles. The summed E-state index contributed by atoms with van der Waals surface area (Å²) in [5, 5.41) is 16.8. The summed E-state index contributed by atoms with van der Waals surface area (Å²) in [7, 11) is 0. The van der Waals surface area contributed by atoms with Gasteiger partial charge in [0.25, 0.3) is 0 Å². The fraction of sp³-hybridized carbons (Fsp3) is 0.750. The van der Waals surface area contributed by atoms with Gasteiger partial charge in [-0.2, -0.15) is 0 Å². The summed E-state index contributed by atoms with van der Waals surface area (Å²) in [5.41, 5.74) is 7.25. The molecule has 5 nitrogen and oxygen atoms in total. The third-order valence-corrected chi connectivity index (χ3v) is 2.00. The second-order valence-corrected chi connectivity index (χ2v) is 3.39. The fourth-order valence-corrected chi connectivity index (χ4v) is 1.27. The normalized spacial score (nSPS) is 13.7. The van der Waals surface area contributed by atoms with E-state index in [9.17, 15) is 0 Å². The summed E-state index contributed by atoms with van der Waals surface area (Å²) >= 11 is 0. The van der Waals surface area contributed by atoms with Crippen molar-refractivity contribution in [2.45, 2.75) is 32.9 Å². The summed E-state index contributed by atoms with van der Waals surface area (Å²) in [6, 6.07) is -0.153. The van der Waals surface area contributed by atoms with Crippen molar-refractivity contribution in [2.75, 3.05) is 6.61 Å². The van der Waals surface area contributed by atoms with Gasteiger partial charge in [0.05, 0.1) is 18.3 Å². The molecule has 5 heteroatoms. The number of nitrogens with zero attached hydrogens (tertiary/aromatic N) is 3. The maximum atomic E-state index is 8.86. The molecule has 0 spiro atoms. The Balaban J connectivity index is 2.99. The lowest BCUT2D eigenvalue weighted by molar-refractivity contribution is 0.265. The molecule has 1 aromatic rings. The third kappa shape index (κ3) is 1.87. The van der Waals surface area contributed by atoms with Crippen LogP contribution in [0.3, 0.4) is 0 Å². The van der Waals surface area contributed by atoms with Crippen LogP contribution in [-0.2, 0) is 0 Å². The third-order valence-electron chi connectivity index (χ3n) is 2.00. The van der Waals surface area contributed by atoms with E-state index in [4.69, 9.17) is 10.8 Å². The molecule has 0 aromatic carbocycles. The van der Waals surface area contributed by atoms with E-state index in [0.717, 1.165) is 5.69 Å². The molecule has 1 aromatic heterocycles. The van der Waals surface area contributed by atoms with Crippen LogP contribution < -0.4 is 5.73 Å². The molecule has 3 N–H and O–H groups in total. The van der Waals surface area contributed by atoms with Crippen molar-refractivity contribution in [3.05, 3.63) is 11.4 Å². The highest BCUT2D eigenvalue weighted by atomic mass is 16.3. The van der Waals surface area contributed by atoms with Gasteiger partial charge in [-0.05, 0) is 20.8 Å². The van der Waals surface area contributed by atoms with E-state index in [-0.39, 0.29) is 12.6 Å². The minimum atomic E-state index is -0.424. The molecule has 0 bridgehead atoms. The second kappa shape index (κ2) is 3.85. The van der Waals surface area contributed by atoms with Crippen LogP contribution in [0, 0.1) is 6.92 Å². The molecule has 0 aliphatic rings. The van der Waals surface area contributed by atoms with Crippen LogP contribution >= 0.6 is 0 Å². The van der Waals surface area contributed by atoms with Crippen LogP contribution in [0.15, 0.2) is 0 Å². The number of hydrogen-bond donors (Lipinski definition) is 2. The number of hydrogen-bond acceptors (Lipinski definition) is 4. The van der Waals surface area contributed by atoms with Crippen molar-refractivity contribution in [1.82, 2.24) is 15.0 Å². The first kappa shape index (κ1) is 10.1. The van der Waals surface area contributed by atoms with Gasteiger partial charge in [0, 0.05) is 6.04 Å². The average Bonchev–Trinajstić information content (AvgIpc) is 2.46. The van der Waals surface area contributed by atoms with E-state index in [1.54, 1.807) is 4.68 Å². The maximum absolute atomic E-state index is 8.86. The van der Waals surface area contributed by atoms with E-state index in [0.29, 0.717) is 5.69 Å². The summed E-state index contributed by atoms with van der Waals surface area (Å²) in [6.45, 7) is 5.86. The van der Waals surface area contributed by atoms with Crippen LogP contribution in [0.25, 0.3) is 0 Å². The van der Waals surface area contributed by atoms with Gasteiger partial charge in [-0.1, -0.05) is 5.21 Å². The molecular weight excluding hydrogens is 168 g/mol. The second-order valence-electron chi connectivity index (χ2n) is 3.39. The van der Waals surface area contributed by atoms with Crippen molar-refractivity contribution in [3.63, 3.8) is 0 Å². The molecule has 1 atom stereocenters. The molecule has 0 aliphatic heterocycles. The zero-order valence-electron chi connectivity index (χ0n) is 8.23. The quantitative estimate of drug-likeness (QED) is 0.701. The van der Waals surface area contributed by atoms with Crippen molar-refractivity contribution in [3.8, 4) is 0 Å². The first-order valence-corrected chi connectivity index (χ1v) is 4.36. The standard InChI is InChI=1S/C8H16N4O/c1-5(2)12-6(3)8(10-11-12)7(9)4-13/h5,7,13H,4,9H2,1-3H3. The molecule has 74 valence electrons. The van der Waals surface area contributed by atoms with Crippen molar-refractivity contribution >= 4 is 0 Å². The van der Waals surface area contributed by atoms with Gasteiger partial charge < -0.3 is 10.8 Å². The summed E-state index contributed by atoms with van der Waals surface area (Å²) < 4.78 is 1.80. The highest BCUT2D eigenvalue weighted by Gasteiger charge is 2.15. The monoisotopic (exact) mass is 184 g/mol. The van der Waals surface area contributed by atoms with Gasteiger partial charge in [0.2, 0.25) is 0 Å². The first-order chi connectivity index (χ1) is 6.07. The first-order valence-electron chi connectivity index (χ1n) is 4.36. The van der Waals surface area contributed by atoms with Crippen molar-refractivity contribution < 1.29 is 5.11 Å². The molecule has 0 fully saturated rings. The Morgan fingerprint density at radius 3 is 2.54 bits per heavy atom. The number of aromatic nitrogens is 3.